The van der Waals surface area contributed by atoms with Crippen molar-refractivity contribution < 1.29 is 18.7 Å². The molecule has 1 fully saturated rings. The van der Waals surface area contributed by atoms with E-state index in [2.05, 4.69) is 15.6 Å². The molecule has 0 radical (unpaired) electrons. The van der Waals surface area contributed by atoms with Gasteiger partial charge in [-0.2, -0.15) is 4.98 Å². The molecule has 0 bridgehead atoms. The summed E-state index contributed by atoms with van der Waals surface area (Å²) in [5.41, 5.74) is 1.80. The molecule has 1 atom stereocenters. The van der Waals surface area contributed by atoms with Crippen LogP contribution < -0.4 is 15.4 Å². The molecule has 0 aliphatic carbocycles. The summed E-state index contributed by atoms with van der Waals surface area (Å²) < 4.78 is 10.6. The van der Waals surface area contributed by atoms with Gasteiger partial charge in [0.1, 0.15) is 11.6 Å². The van der Waals surface area contributed by atoms with Crippen LogP contribution in [-0.2, 0) is 9.59 Å². The van der Waals surface area contributed by atoms with Crippen molar-refractivity contribution in [3.63, 3.8) is 0 Å². The molecule has 3 rings (SSSR count). The van der Waals surface area contributed by atoms with Crippen LogP contribution in [0.15, 0.2) is 22.6 Å². The van der Waals surface area contributed by atoms with E-state index in [4.69, 9.17) is 9.15 Å². The number of carbonyl (C=O) groups is 2. The average Bonchev–Trinajstić information content (AvgIpc) is 2.89. The second-order valence-corrected chi connectivity index (χ2v) is 5.10. The minimum absolute atomic E-state index is 0.0836. The average molecular weight is 303 g/mol. The van der Waals surface area contributed by atoms with E-state index in [1.54, 1.807) is 18.2 Å². The molecule has 2 N–H and O–H groups in total. The minimum atomic E-state index is -0.478. The molecule has 2 amide bonds. The van der Waals surface area contributed by atoms with Crippen LogP contribution in [0.2, 0.25) is 0 Å². The van der Waals surface area contributed by atoms with Crippen LogP contribution in [-0.4, -0.2) is 29.4 Å². The summed E-state index contributed by atoms with van der Waals surface area (Å²) in [5, 5.41) is 5.48. The topological polar surface area (TPSA) is 93.5 Å². The predicted octanol–water partition coefficient (Wildman–Crippen LogP) is 1.83. The maximum absolute atomic E-state index is 12.2. The van der Waals surface area contributed by atoms with Gasteiger partial charge in [-0.25, -0.2) is 0 Å². The summed E-state index contributed by atoms with van der Waals surface area (Å²) in [7, 11) is 0. The molecule has 7 nitrogen and oxygen atoms in total. The maximum Gasteiger partial charge on any atom is 0.394 e. The van der Waals surface area contributed by atoms with Crippen LogP contribution in [0.25, 0.3) is 11.1 Å². The lowest BCUT2D eigenvalue weighted by atomic mass is 10.0. The van der Waals surface area contributed by atoms with Gasteiger partial charge in [0.25, 0.3) is 0 Å². The number of rotatable bonds is 4. The molecule has 22 heavy (non-hydrogen) atoms. The first-order valence-electron chi connectivity index (χ1n) is 7.29. The van der Waals surface area contributed by atoms with Gasteiger partial charge in [0, 0.05) is 12.1 Å². The molecular formula is C15H17N3O4. The maximum atomic E-state index is 12.2. The highest BCUT2D eigenvalue weighted by Gasteiger charge is 2.24. The number of anilines is 1. The van der Waals surface area contributed by atoms with Gasteiger partial charge in [-0.1, -0.05) is 0 Å². The molecule has 116 valence electrons. The second kappa shape index (κ2) is 6.05. The fourth-order valence-corrected chi connectivity index (χ4v) is 2.40. The smallest absolute Gasteiger partial charge is 0.394 e. The largest absolute Gasteiger partial charge is 0.450 e. The van der Waals surface area contributed by atoms with Gasteiger partial charge >= 0.3 is 6.08 Å². The van der Waals surface area contributed by atoms with Gasteiger partial charge < -0.3 is 19.8 Å². The first kappa shape index (κ1) is 14.4. The number of fused-ring (bicyclic) bond motifs is 1. The summed E-state index contributed by atoms with van der Waals surface area (Å²) in [6.07, 6.45) is 2.07. The molecular weight excluding hydrogens is 286 g/mol. The third-order valence-corrected chi connectivity index (χ3v) is 3.45. The van der Waals surface area contributed by atoms with Crippen molar-refractivity contribution in [2.75, 3.05) is 11.9 Å². The number of ether oxygens (including phenoxy) is 1. The zero-order chi connectivity index (χ0) is 15.5. The first-order chi connectivity index (χ1) is 10.7. The SMILES string of the molecule is CCOc1nc2cc(NC(=O)C3CCCC(=O)N3)ccc2o1. The first-order valence-corrected chi connectivity index (χ1v) is 7.29. The summed E-state index contributed by atoms with van der Waals surface area (Å²) in [5.74, 6) is -0.305. The lowest BCUT2D eigenvalue weighted by Gasteiger charge is -2.22. The van der Waals surface area contributed by atoms with Crippen molar-refractivity contribution in [3.05, 3.63) is 18.2 Å². The van der Waals surface area contributed by atoms with Crippen LogP contribution in [0.4, 0.5) is 5.69 Å². The van der Waals surface area contributed by atoms with E-state index < -0.39 is 6.04 Å². The number of nitrogens with zero attached hydrogens (tertiary/aromatic N) is 1. The Morgan fingerprint density at radius 3 is 3.18 bits per heavy atom. The number of amides is 2. The highest BCUT2D eigenvalue weighted by molar-refractivity contribution is 5.98. The van der Waals surface area contributed by atoms with Gasteiger partial charge in [-0.05, 0) is 38.0 Å². The van der Waals surface area contributed by atoms with Crippen molar-refractivity contribution in [3.8, 4) is 6.08 Å². The van der Waals surface area contributed by atoms with E-state index in [-0.39, 0.29) is 17.9 Å². The van der Waals surface area contributed by atoms with Crippen molar-refractivity contribution in [1.29, 1.82) is 0 Å². The summed E-state index contributed by atoms with van der Waals surface area (Å²) >= 11 is 0. The lowest BCUT2D eigenvalue weighted by Crippen LogP contribution is -2.46. The number of hydrogen-bond acceptors (Lipinski definition) is 5. The van der Waals surface area contributed by atoms with E-state index in [1.807, 2.05) is 6.92 Å². The quantitative estimate of drug-likeness (QED) is 0.898. The van der Waals surface area contributed by atoms with E-state index in [0.717, 1.165) is 6.42 Å². The molecule has 7 heteroatoms. The Labute approximate surface area is 127 Å². The van der Waals surface area contributed by atoms with E-state index in [1.165, 1.54) is 0 Å². The number of hydrogen-bond donors (Lipinski definition) is 2. The van der Waals surface area contributed by atoms with Crippen molar-refractivity contribution in [1.82, 2.24) is 10.3 Å². The van der Waals surface area contributed by atoms with Crippen LogP contribution in [0, 0.1) is 0 Å². The van der Waals surface area contributed by atoms with E-state index >= 15 is 0 Å². The van der Waals surface area contributed by atoms with Gasteiger partial charge in [0.15, 0.2) is 5.58 Å². The Bertz CT molecular complexity index is 710. The number of carbonyl (C=O) groups excluding carboxylic acids is 2. The van der Waals surface area contributed by atoms with E-state index in [0.29, 0.717) is 36.2 Å². The van der Waals surface area contributed by atoms with Crippen LogP contribution in [0.1, 0.15) is 26.2 Å². The molecule has 1 saturated heterocycles. The molecule has 1 unspecified atom stereocenters. The van der Waals surface area contributed by atoms with Crippen molar-refractivity contribution in [2.24, 2.45) is 0 Å². The van der Waals surface area contributed by atoms with Gasteiger partial charge in [-0.15, -0.1) is 0 Å². The number of nitrogens with one attached hydrogen (secondary N) is 2. The molecule has 2 heterocycles. The third kappa shape index (κ3) is 3.03. The molecule has 2 aromatic rings. The van der Waals surface area contributed by atoms with Gasteiger partial charge in [0.05, 0.1) is 6.61 Å². The Morgan fingerprint density at radius 2 is 2.41 bits per heavy atom. The number of oxazole rings is 1. The standard InChI is InChI=1S/C15H17N3O4/c1-2-21-15-18-11-8-9(6-7-12(11)22-15)16-14(20)10-4-3-5-13(19)17-10/h6-8,10H,2-5H2,1H3,(H,16,20)(H,17,19). The Balaban J connectivity index is 1.72. The fraction of sp³-hybridized carbons (Fsp3) is 0.400. The van der Waals surface area contributed by atoms with Gasteiger partial charge in [0.2, 0.25) is 11.8 Å². The molecule has 1 aromatic heterocycles. The van der Waals surface area contributed by atoms with Crippen LogP contribution in [0.3, 0.4) is 0 Å². The third-order valence-electron chi connectivity index (χ3n) is 3.45. The van der Waals surface area contributed by atoms with Gasteiger partial charge in [-0.3, -0.25) is 9.59 Å². The molecule has 0 saturated carbocycles. The summed E-state index contributed by atoms with van der Waals surface area (Å²) in [6, 6.07) is 4.68. The highest BCUT2D eigenvalue weighted by atomic mass is 16.6. The zero-order valence-corrected chi connectivity index (χ0v) is 12.2. The predicted molar refractivity (Wildman–Crippen MR) is 79.6 cm³/mol. The second-order valence-electron chi connectivity index (χ2n) is 5.10. The highest BCUT2D eigenvalue weighted by Crippen LogP contribution is 2.24. The zero-order valence-electron chi connectivity index (χ0n) is 12.2. The Kier molecular flexibility index (Phi) is 3.95. The van der Waals surface area contributed by atoms with Crippen molar-refractivity contribution in [2.45, 2.75) is 32.2 Å². The monoisotopic (exact) mass is 303 g/mol. The van der Waals surface area contributed by atoms with Crippen molar-refractivity contribution >= 4 is 28.6 Å². The lowest BCUT2D eigenvalue weighted by molar-refractivity contribution is -0.128. The number of aromatic nitrogens is 1. The summed E-state index contributed by atoms with van der Waals surface area (Å²) in [4.78, 5) is 27.7. The molecule has 1 aliphatic rings. The van der Waals surface area contributed by atoms with E-state index in [9.17, 15) is 9.59 Å². The van der Waals surface area contributed by atoms with Crippen LogP contribution in [0.5, 0.6) is 6.08 Å². The van der Waals surface area contributed by atoms with Crippen LogP contribution >= 0.6 is 0 Å². The summed E-state index contributed by atoms with van der Waals surface area (Å²) in [6.45, 7) is 2.32. The number of piperidine rings is 1. The minimum Gasteiger partial charge on any atom is -0.450 e. The Morgan fingerprint density at radius 1 is 1.55 bits per heavy atom. The molecule has 1 aliphatic heterocycles. The molecule has 0 spiro atoms. The normalized spacial score (nSPS) is 18.0. The fourth-order valence-electron chi connectivity index (χ4n) is 2.40. The molecule has 1 aromatic carbocycles. The Hall–Kier alpha value is -2.57. The number of benzene rings is 1.